The Bertz CT molecular complexity index is 1310. The van der Waals surface area contributed by atoms with Gasteiger partial charge in [-0.25, -0.2) is 15.0 Å². The molecule has 0 spiro atoms. The van der Waals surface area contributed by atoms with E-state index < -0.39 is 11.1 Å². The fourth-order valence-electron chi connectivity index (χ4n) is 5.17. The summed E-state index contributed by atoms with van der Waals surface area (Å²) in [5.74, 6) is 0.690. The number of hydrogen-bond acceptors (Lipinski definition) is 8. The topological polar surface area (TPSA) is 101 Å². The molecule has 186 valence electrons. The molecule has 0 unspecified atom stereocenters. The summed E-state index contributed by atoms with van der Waals surface area (Å²) in [7, 11) is 3.73. The summed E-state index contributed by atoms with van der Waals surface area (Å²) in [6.45, 7) is 4.38. The van der Waals surface area contributed by atoms with E-state index >= 15 is 0 Å². The maximum Gasteiger partial charge on any atom is 0.318 e. The van der Waals surface area contributed by atoms with E-state index in [-0.39, 0.29) is 6.04 Å². The standard InChI is InChI=1S/C24H31ClN8O2/c1-30-7-3-4-18(15-30)26-11-16-12-28-24(29-13-16)32-8-5-19(6-9-32)33-21-20(10-17(25)14-27-21)31(2)22(34)23(33)35/h10,12-14,18-19,26H,3-9,11,15H2,1-2H3/t18-/m0/s1. The third kappa shape index (κ3) is 4.96. The second-order valence-corrected chi connectivity index (χ2v) is 10.1. The molecule has 35 heavy (non-hydrogen) atoms. The molecule has 5 rings (SSSR count). The molecule has 10 nitrogen and oxygen atoms in total. The Balaban J connectivity index is 1.25. The molecule has 1 N–H and O–H groups in total. The van der Waals surface area contributed by atoms with Crippen LogP contribution in [-0.4, -0.2) is 68.3 Å². The number of piperidine rings is 2. The molecule has 1 atom stereocenters. The SMILES string of the molecule is CN1CCC[C@H](NCc2cnc(N3CCC(n4c(=O)c(=O)n(C)c5cc(Cl)cnc54)CC3)nc2)C1. The number of pyridine rings is 1. The maximum absolute atomic E-state index is 12.9. The van der Waals surface area contributed by atoms with E-state index in [4.69, 9.17) is 11.6 Å². The molecular formula is C24H31ClN8O2. The lowest BCUT2D eigenvalue weighted by molar-refractivity contribution is 0.226. The number of anilines is 1. The van der Waals surface area contributed by atoms with Crippen molar-refractivity contribution in [1.29, 1.82) is 0 Å². The van der Waals surface area contributed by atoms with Crippen LogP contribution < -0.4 is 21.3 Å². The van der Waals surface area contributed by atoms with Gasteiger partial charge in [-0.15, -0.1) is 0 Å². The quantitative estimate of drug-likeness (QED) is 0.529. The van der Waals surface area contributed by atoms with Gasteiger partial charge >= 0.3 is 11.1 Å². The van der Waals surface area contributed by atoms with Gasteiger partial charge in [-0.1, -0.05) is 11.6 Å². The average molecular weight is 499 g/mol. The van der Waals surface area contributed by atoms with Crippen LogP contribution in [0, 0.1) is 0 Å². The van der Waals surface area contributed by atoms with Crippen molar-refractivity contribution in [3.05, 3.63) is 56.0 Å². The minimum atomic E-state index is -0.573. The fourth-order valence-corrected chi connectivity index (χ4v) is 5.32. The van der Waals surface area contributed by atoms with Gasteiger partial charge in [0.2, 0.25) is 5.95 Å². The van der Waals surface area contributed by atoms with Gasteiger partial charge in [-0.3, -0.25) is 14.2 Å². The van der Waals surface area contributed by atoms with Crippen LogP contribution in [0.1, 0.15) is 37.3 Å². The summed E-state index contributed by atoms with van der Waals surface area (Å²) < 4.78 is 2.86. The molecule has 0 saturated carbocycles. The third-order valence-corrected chi connectivity index (χ3v) is 7.34. The minimum absolute atomic E-state index is 0.124. The van der Waals surface area contributed by atoms with E-state index in [1.807, 2.05) is 12.4 Å². The van der Waals surface area contributed by atoms with Gasteiger partial charge < -0.3 is 19.7 Å². The number of hydrogen-bond donors (Lipinski definition) is 1. The number of likely N-dealkylation sites (tertiary alicyclic amines) is 1. The van der Waals surface area contributed by atoms with E-state index in [2.05, 4.69) is 37.1 Å². The Labute approximate surface area is 208 Å². The minimum Gasteiger partial charge on any atom is -0.341 e. The number of halogens is 1. The predicted octanol–water partition coefficient (Wildman–Crippen LogP) is 1.56. The van der Waals surface area contributed by atoms with Crippen LogP contribution >= 0.6 is 11.6 Å². The van der Waals surface area contributed by atoms with Crippen LogP contribution in [0.2, 0.25) is 5.02 Å². The van der Waals surface area contributed by atoms with Crippen molar-refractivity contribution in [3.63, 3.8) is 0 Å². The largest absolute Gasteiger partial charge is 0.341 e. The molecule has 3 aromatic rings. The van der Waals surface area contributed by atoms with Crippen molar-refractivity contribution in [2.45, 2.75) is 44.3 Å². The zero-order chi connectivity index (χ0) is 24.5. The second-order valence-electron chi connectivity index (χ2n) is 9.63. The summed E-state index contributed by atoms with van der Waals surface area (Å²) in [4.78, 5) is 43.5. The van der Waals surface area contributed by atoms with Gasteiger partial charge in [0.15, 0.2) is 5.65 Å². The average Bonchev–Trinajstić information content (AvgIpc) is 2.87. The van der Waals surface area contributed by atoms with E-state index in [0.29, 0.717) is 54.1 Å². The van der Waals surface area contributed by atoms with Gasteiger partial charge in [0.25, 0.3) is 0 Å². The van der Waals surface area contributed by atoms with Gasteiger partial charge in [-0.2, -0.15) is 0 Å². The summed E-state index contributed by atoms with van der Waals surface area (Å²) >= 11 is 6.09. The molecule has 0 radical (unpaired) electrons. The highest BCUT2D eigenvalue weighted by Gasteiger charge is 2.26. The van der Waals surface area contributed by atoms with Gasteiger partial charge in [0.1, 0.15) is 0 Å². The zero-order valence-corrected chi connectivity index (χ0v) is 20.9. The smallest absolute Gasteiger partial charge is 0.318 e. The first-order valence-electron chi connectivity index (χ1n) is 12.2. The molecule has 0 aromatic carbocycles. The van der Waals surface area contributed by atoms with Crippen molar-refractivity contribution in [1.82, 2.24) is 34.3 Å². The highest BCUT2D eigenvalue weighted by molar-refractivity contribution is 6.31. The molecule has 2 aliphatic heterocycles. The lowest BCUT2D eigenvalue weighted by Gasteiger charge is -2.33. The monoisotopic (exact) mass is 498 g/mol. The molecule has 3 aromatic heterocycles. The van der Waals surface area contributed by atoms with E-state index in [1.165, 1.54) is 30.2 Å². The normalized spacial score (nSPS) is 20.0. The van der Waals surface area contributed by atoms with Crippen molar-refractivity contribution in [3.8, 4) is 0 Å². The van der Waals surface area contributed by atoms with Crippen molar-refractivity contribution in [2.24, 2.45) is 7.05 Å². The van der Waals surface area contributed by atoms with Crippen LogP contribution in [0.5, 0.6) is 0 Å². The Morgan fingerprint density at radius 1 is 1.00 bits per heavy atom. The lowest BCUT2D eigenvalue weighted by Crippen LogP contribution is -2.45. The van der Waals surface area contributed by atoms with Crippen LogP contribution in [0.25, 0.3) is 11.2 Å². The second kappa shape index (κ2) is 10.0. The van der Waals surface area contributed by atoms with E-state index in [9.17, 15) is 9.59 Å². The summed E-state index contributed by atoms with van der Waals surface area (Å²) in [5, 5.41) is 4.04. The van der Waals surface area contributed by atoms with Crippen LogP contribution in [0.4, 0.5) is 5.95 Å². The molecule has 0 amide bonds. The summed E-state index contributed by atoms with van der Waals surface area (Å²) in [5.41, 5.74) is 0.982. The van der Waals surface area contributed by atoms with E-state index in [0.717, 1.165) is 18.7 Å². The molecule has 2 saturated heterocycles. The molecule has 0 bridgehead atoms. The molecule has 2 aliphatic rings. The van der Waals surface area contributed by atoms with Crippen LogP contribution in [0.3, 0.4) is 0 Å². The highest BCUT2D eigenvalue weighted by atomic mass is 35.5. The van der Waals surface area contributed by atoms with Gasteiger partial charge in [0.05, 0.1) is 10.5 Å². The summed E-state index contributed by atoms with van der Waals surface area (Å²) in [6, 6.07) is 2.06. The zero-order valence-electron chi connectivity index (χ0n) is 20.2. The highest BCUT2D eigenvalue weighted by Crippen LogP contribution is 2.26. The summed E-state index contributed by atoms with van der Waals surface area (Å²) in [6.07, 6.45) is 9.09. The van der Waals surface area contributed by atoms with Crippen molar-refractivity contribution < 1.29 is 0 Å². The molecule has 11 heteroatoms. The number of nitrogens with zero attached hydrogens (tertiary/aromatic N) is 7. The number of likely N-dealkylation sites (N-methyl/N-ethyl adjacent to an activating group) is 1. The van der Waals surface area contributed by atoms with Gasteiger partial charge in [-0.05, 0) is 45.3 Å². The molecule has 2 fully saturated rings. The van der Waals surface area contributed by atoms with Crippen LogP contribution in [-0.2, 0) is 13.6 Å². The Morgan fingerprint density at radius 3 is 2.46 bits per heavy atom. The van der Waals surface area contributed by atoms with Crippen molar-refractivity contribution in [2.75, 3.05) is 38.1 Å². The van der Waals surface area contributed by atoms with Crippen molar-refractivity contribution >= 4 is 28.7 Å². The maximum atomic E-state index is 12.9. The fraction of sp³-hybridized carbons (Fsp3) is 0.542. The number of nitrogens with one attached hydrogen (secondary N) is 1. The predicted molar refractivity (Wildman–Crippen MR) is 136 cm³/mol. The van der Waals surface area contributed by atoms with E-state index in [1.54, 1.807) is 17.7 Å². The first-order chi connectivity index (χ1) is 16.9. The number of fused-ring (bicyclic) bond motifs is 1. The molecule has 5 heterocycles. The Morgan fingerprint density at radius 2 is 1.74 bits per heavy atom. The number of aromatic nitrogens is 5. The molecular weight excluding hydrogens is 468 g/mol. The number of rotatable bonds is 5. The Hall–Kier alpha value is -2.82. The Kier molecular flexibility index (Phi) is 6.86. The molecule has 0 aliphatic carbocycles. The number of aryl methyl sites for hydroxylation is 1. The van der Waals surface area contributed by atoms with Crippen LogP contribution in [0.15, 0.2) is 34.2 Å². The van der Waals surface area contributed by atoms with Gasteiger partial charge in [0, 0.05) is 69.5 Å². The third-order valence-electron chi connectivity index (χ3n) is 7.13. The lowest BCUT2D eigenvalue weighted by atomic mass is 10.0. The first kappa shape index (κ1) is 23.9. The first-order valence-corrected chi connectivity index (χ1v) is 12.5.